The van der Waals surface area contributed by atoms with Crippen molar-refractivity contribution in [1.29, 1.82) is 0 Å². The molecule has 0 radical (unpaired) electrons. The highest BCUT2D eigenvalue weighted by Gasteiger charge is 2.17. The number of nitrogens with zero attached hydrogens (tertiary/aromatic N) is 2. The number of amides is 1. The summed E-state index contributed by atoms with van der Waals surface area (Å²) in [5, 5.41) is 12.5. The summed E-state index contributed by atoms with van der Waals surface area (Å²) in [6.07, 6.45) is 1.38. The molecule has 0 aliphatic rings. The molecule has 2 rings (SSSR count). The number of aryl methyl sites for hydroxylation is 2. The summed E-state index contributed by atoms with van der Waals surface area (Å²) < 4.78 is 5.42. The molecular weight excluding hydrogens is 220 g/mol. The van der Waals surface area contributed by atoms with E-state index in [0.29, 0.717) is 0 Å². The van der Waals surface area contributed by atoms with Gasteiger partial charge in [0.25, 0.3) is 5.91 Å². The summed E-state index contributed by atoms with van der Waals surface area (Å²) in [6, 6.07) is 1.79. The molecule has 1 atom stereocenters. The van der Waals surface area contributed by atoms with Crippen molar-refractivity contribution in [2.24, 2.45) is 0 Å². The van der Waals surface area contributed by atoms with Crippen molar-refractivity contribution in [3.63, 3.8) is 0 Å². The number of H-pyrrole nitrogens is 1. The summed E-state index contributed by atoms with van der Waals surface area (Å²) in [4.78, 5) is 11.7. The monoisotopic (exact) mass is 234 g/mol. The van der Waals surface area contributed by atoms with E-state index in [1.165, 1.54) is 6.20 Å². The third-order valence-electron chi connectivity index (χ3n) is 2.54. The molecule has 2 N–H and O–H groups in total. The molecule has 90 valence electrons. The molecule has 17 heavy (non-hydrogen) atoms. The van der Waals surface area contributed by atoms with Crippen molar-refractivity contribution in [1.82, 2.24) is 20.7 Å². The molecule has 2 aromatic heterocycles. The first-order valence-electron chi connectivity index (χ1n) is 5.31. The Balaban J connectivity index is 2.09. The minimum Gasteiger partial charge on any atom is -0.466 e. The van der Waals surface area contributed by atoms with Crippen LogP contribution in [0.4, 0.5) is 0 Å². The molecule has 6 nitrogen and oxygen atoms in total. The van der Waals surface area contributed by atoms with E-state index < -0.39 is 0 Å². The fourth-order valence-corrected chi connectivity index (χ4v) is 1.74. The maximum absolute atomic E-state index is 11.7. The predicted octanol–water partition coefficient (Wildman–Crippen LogP) is 1.51. The van der Waals surface area contributed by atoms with E-state index in [4.69, 9.17) is 4.42 Å². The maximum atomic E-state index is 11.7. The number of aromatic amines is 1. The number of furan rings is 1. The van der Waals surface area contributed by atoms with Gasteiger partial charge in [0.1, 0.15) is 11.5 Å². The molecule has 0 aliphatic heterocycles. The molecule has 1 amide bonds. The van der Waals surface area contributed by atoms with Crippen molar-refractivity contribution in [3.05, 3.63) is 35.0 Å². The first-order chi connectivity index (χ1) is 8.08. The van der Waals surface area contributed by atoms with E-state index in [1.807, 2.05) is 26.8 Å². The fraction of sp³-hybridized carbons (Fsp3) is 0.364. The molecule has 1 unspecified atom stereocenters. The highest BCUT2D eigenvalue weighted by molar-refractivity contribution is 5.92. The van der Waals surface area contributed by atoms with Crippen LogP contribution in [-0.4, -0.2) is 21.3 Å². The van der Waals surface area contributed by atoms with E-state index in [9.17, 15) is 4.79 Å². The van der Waals surface area contributed by atoms with Crippen LogP contribution in [0, 0.1) is 13.8 Å². The number of nitrogens with one attached hydrogen (secondary N) is 2. The van der Waals surface area contributed by atoms with Crippen LogP contribution in [0.1, 0.15) is 40.5 Å². The fourth-order valence-electron chi connectivity index (χ4n) is 1.74. The molecule has 0 saturated carbocycles. The predicted molar refractivity (Wildman–Crippen MR) is 60.4 cm³/mol. The van der Waals surface area contributed by atoms with Crippen molar-refractivity contribution in [2.75, 3.05) is 0 Å². The van der Waals surface area contributed by atoms with Crippen LogP contribution in [0.2, 0.25) is 0 Å². The molecule has 2 aromatic rings. The second-order valence-electron chi connectivity index (χ2n) is 3.92. The number of carbonyl (C=O) groups excluding carboxylic acids is 1. The smallest absolute Gasteiger partial charge is 0.273 e. The summed E-state index contributed by atoms with van der Waals surface area (Å²) in [5.41, 5.74) is 1.24. The van der Waals surface area contributed by atoms with Gasteiger partial charge >= 0.3 is 0 Å². The summed E-state index contributed by atoms with van der Waals surface area (Å²) in [5.74, 6) is 1.39. The number of hydrogen-bond acceptors (Lipinski definition) is 4. The second-order valence-corrected chi connectivity index (χ2v) is 3.92. The van der Waals surface area contributed by atoms with E-state index in [2.05, 4.69) is 20.7 Å². The quantitative estimate of drug-likeness (QED) is 0.843. The standard InChI is InChI=1S/C11H14N4O2/c1-6-4-9(8(3)17-6)7(2)13-11(16)10-5-12-15-14-10/h4-5,7H,1-3H3,(H,13,16)(H,12,14,15). The Morgan fingerprint density at radius 2 is 2.29 bits per heavy atom. The summed E-state index contributed by atoms with van der Waals surface area (Å²) in [6.45, 7) is 5.65. The number of hydrogen-bond donors (Lipinski definition) is 2. The maximum Gasteiger partial charge on any atom is 0.273 e. The van der Waals surface area contributed by atoms with E-state index in [0.717, 1.165) is 17.1 Å². The third-order valence-corrected chi connectivity index (χ3v) is 2.54. The largest absolute Gasteiger partial charge is 0.466 e. The highest BCUT2D eigenvalue weighted by Crippen LogP contribution is 2.21. The molecular formula is C11H14N4O2. The van der Waals surface area contributed by atoms with Crippen LogP contribution in [0.5, 0.6) is 0 Å². The minimum atomic E-state index is -0.260. The minimum absolute atomic E-state index is 0.128. The molecule has 2 heterocycles. The van der Waals surface area contributed by atoms with Gasteiger partial charge in [-0.25, -0.2) is 0 Å². The lowest BCUT2D eigenvalue weighted by molar-refractivity contribution is 0.0934. The van der Waals surface area contributed by atoms with E-state index in [-0.39, 0.29) is 17.6 Å². The van der Waals surface area contributed by atoms with E-state index >= 15 is 0 Å². The van der Waals surface area contributed by atoms with Crippen molar-refractivity contribution >= 4 is 5.91 Å². The van der Waals surface area contributed by atoms with Gasteiger partial charge in [0.15, 0.2) is 5.69 Å². The van der Waals surface area contributed by atoms with E-state index in [1.54, 1.807) is 0 Å². The Morgan fingerprint density at radius 3 is 2.82 bits per heavy atom. The average molecular weight is 234 g/mol. The van der Waals surface area contributed by atoms with Crippen molar-refractivity contribution in [2.45, 2.75) is 26.8 Å². The molecule has 0 aliphatic carbocycles. The number of carbonyl (C=O) groups is 1. The molecule has 6 heteroatoms. The lowest BCUT2D eigenvalue weighted by atomic mass is 10.1. The highest BCUT2D eigenvalue weighted by atomic mass is 16.3. The normalized spacial score (nSPS) is 12.4. The molecule has 0 spiro atoms. The van der Waals surface area contributed by atoms with Crippen LogP contribution in [0.25, 0.3) is 0 Å². The number of aromatic nitrogens is 3. The molecule has 0 fully saturated rings. The Kier molecular flexibility index (Phi) is 2.95. The Bertz CT molecular complexity index is 516. The Morgan fingerprint density at radius 1 is 1.53 bits per heavy atom. The van der Waals surface area contributed by atoms with Crippen molar-refractivity contribution < 1.29 is 9.21 Å². The van der Waals surface area contributed by atoms with Gasteiger partial charge in [0.2, 0.25) is 0 Å². The van der Waals surface area contributed by atoms with Gasteiger partial charge in [-0.15, -0.1) is 0 Å². The Labute approximate surface area is 98.4 Å². The van der Waals surface area contributed by atoms with Crippen molar-refractivity contribution in [3.8, 4) is 0 Å². The summed E-state index contributed by atoms with van der Waals surface area (Å²) >= 11 is 0. The molecule has 0 saturated heterocycles. The zero-order valence-electron chi connectivity index (χ0n) is 9.94. The van der Waals surface area contributed by atoms with Gasteiger partial charge in [0, 0.05) is 5.56 Å². The van der Waals surface area contributed by atoms with Crippen LogP contribution in [0.3, 0.4) is 0 Å². The third kappa shape index (κ3) is 2.35. The van der Waals surface area contributed by atoms with Gasteiger partial charge in [-0.05, 0) is 26.8 Å². The lowest BCUT2D eigenvalue weighted by Crippen LogP contribution is -2.27. The van der Waals surface area contributed by atoms with Gasteiger partial charge in [-0.1, -0.05) is 0 Å². The zero-order chi connectivity index (χ0) is 12.4. The lowest BCUT2D eigenvalue weighted by Gasteiger charge is -2.11. The first kappa shape index (κ1) is 11.4. The first-order valence-corrected chi connectivity index (χ1v) is 5.31. The number of rotatable bonds is 3. The summed E-state index contributed by atoms with van der Waals surface area (Å²) in [7, 11) is 0. The average Bonchev–Trinajstić information content (AvgIpc) is 2.87. The Hall–Kier alpha value is -2.11. The van der Waals surface area contributed by atoms with Crippen LogP contribution in [-0.2, 0) is 0 Å². The second kappa shape index (κ2) is 4.40. The van der Waals surface area contributed by atoms with Gasteiger partial charge in [-0.3, -0.25) is 4.79 Å². The van der Waals surface area contributed by atoms with Crippen LogP contribution in [0.15, 0.2) is 16.7 Å². The molecule has 0 aromatic carbocycles. The SMILES string of the molecule is Cc1cc(C(C)NC(=O)c2cn[nH]n2)c(C)o1. The van der Waals surface area contributed by atoms with Gasteiger partial charge < -0.3 is 9.73 Å². The topological polar surface area (TPSA) is 83.8 Å². The van der Waals surface area contributed by atoms with Crippen LogP contribution >= 0.6 is 0 Å². The zero-order valence-corrected chi connectivity index (χ0v) is 9.94. The van der Waals surface area contributed by atoms with Gasteiger partial charge in [-0.2, -0.15) is 15.4 Å². The van der Waals surface area contributed by atoms with Gasteiger partial charge in [0.05, 0.1) is 12.2 Å². The van der Waals surface area contributed by atoms with Crippen LogP contribution < -0.4 is 5.32 Å². The molecule has 0 bridgehead atoms.